The Hall–Kier alpha value is -2.58. The van der Waals surface area contributed by atoms with Gasteiger partial charge < -0.3 is 0 Å². The van der Waals surface area contributed by atoms with Crippen LogP contribution in [0.25, 0.3) is 0 Å². The minimum absolute atomic E-state index is 0.0269. The van der Waals surface area contributed by atoms with E-state index >= 15 is 0 Å². The summed E-state index contributed by atoms with van der Waals surface area (Å²) in [6.07, 6.45) is 0.750. The first-order valence-corrected chi connectivity index (χ1v) is 6.06. The van der Waals surface area contributed by atoms with Crippen LogP contribution in [-0.4, -0.2) is 27.9 Å². The summed E-state index contributed by atoms with van der Waals surface area (Å²) in [5, 5.41) is 26.2. The van der Waals surface area contributed by atoms with Gasteiger partial charge in [-0.05, 0) is 17.5 Å². The Morgan fingerprint density at radius 2 is 1.50 bits per heavy atom. The zero-order valence-corrected chi connectivity index (χ0v) is 10.3. The molecule has 1 heterocycles. The summed E-state index contributed by atoms with van der Waals surface area (Å²) >= 11 is 0. The van der Waals surface area contributed by atoms with Gasteiger partial charge in [-0.15, -0.1) is 4.91 Å². The summed E-state index contributed by atoms with van der Waals surface area (Å²) in [5.74, 6) is -0.0538. The van der Waals surface area contributed by atoms with Crippen LogP contribution in [0.2, 0.25) is 0 Å². The number of rotatable bonds is 3. The van der Waals surface area contributed by atoms with E-state index < -0.39 is 21.2 Å². The van der Waals surface area contributed by atoms with Gasteiger partial charge in [-0.3, -0.25) is 25.2 Å². The number of fused-ring (bicyclic) bond motifs is 5. The summed E-state index contributed by atoms with van der Waals surface area (Å²) in [6.45, 7) is 0.809. The summed E-state index contributed by atoms with van der Waals surface area (Å²) in [6, 6.07) is 2.57. The third-order valence-corrected chi connectivity index (χ3v) is 4.00. The van der Waals surface area contributed by atoms with Crippen LogP contribution in [0.5, 0.6) is 0 Å². The first-order chi connectivity index (χ1) is 9.51. The Morgan fingerprint density at radius 1 is 1.05 bits per heavy atom. The van der Waals surface area contributed by atoms with E-state index in [1.807, 2.05) is 0 Å². The predicted octanol–water partition coefficient (Wildman–Crippen LogP) is 2.07. The van der Waals surface area contributed by atoms with Gasteiger partial charge in [0, 0.05) is 37.1 Å². The lowest BCUT2D eigenvalue weighted by Gasteiger charge is -2.26. The fourth-order valence-corrected chi connectivity index (χ4v) is 3.20. The molecule has 1 aliphatic heterocycles. The number of hydrogen-bond donors (Lipinski definition) is 0. The fraction of sp³-hybridized carbons (Fsp3) is 0.455. The van der Waals surface area contributed by atoms with Crippen molar-refractivity contribution in [3.05, 3.63) is 48.4 Å². The Kier molecular flexibility index (Phi) is 2.63. The molecule has 1 aromatic rings. The van der Waals surface area contributed by atoms with Crippen molar-refractivity contribution in [2.45, 2.75) is 18.3 Å². The zero-order chi connectivity index (χ0) is 14.4. The lowest BCUT2D eigenvalue weighted by molar-refractivity contribution is -0.422. The molecule has 1 aromatic carbocycles. The molecule has 0 aromatic heterocycles. The first kappa shape index (κ1) is 12.5. The molecule has 104 valence electrons. The molecule has 1 saturated heterocycles. The summed E-state index contributed by atoms with van der Waals surface area (Å²) in [5.41, 5.74) is 0.482. The largest absolute Gasteiger partial charge is 0.346 e. The van der Waals surface area contributed by atoms with Gasteiger partial charge in [-0.1, -0.05) is 0 Å². The Morgan fingerprint density at radius 3 is 1.85 bits per heavy atom. The molecule has 0 amide bonds. The molecule has 0 spiro atoms. The molecule has 2 atom stereocenters. The Labute approximate surface area is 112 Å². The monoisotopic (exact) mass is 278 g/mol. The maximum atomic E-state index is 11.0. The van der Waals surface area contributed by atoms with E-state index in [0.717, 1.165) is 17.5 Å². The number of nitro groups is 2. The van der Waals surface area contributed by atoms with E-state index in [9.17, 15) is 25.1 Å². The summed E-state index contributed by atoms with van der Waals surface area (Å²) in [7, 11) is 0. The van der Waals surface area contributed by atoms with Crippen LogP contribution < -0.4 is 0 Å². The maximum absolute atomic E-state index is 11.0. The quantitative estimate of drug-likeness (QED) is 0.474. The average Bonchev–Trinajstić information content (AvgIpc) is 2.68. The van der Waals surface area contributed by atoms with Crippen LogP contribution in [0.15, 0.2) is 17.4 Å². The van der Waals surface area contributed by atoms with Crippen molar-refractivity contribution in [3.63, 3.8) is 0 Å². The zero-order valence-electron chi connectivity index (χ0n) is 10.3. The minimum atomic E-state index is -0.740. The van der Waals surface area contributed by atoms with Gasteiger partial charge >= 0.3 is 11.4 Å². The lowest BCUT2D eigenvalue weighted by atomic mass is 9.97. The van der Waals surface area contributed by atoms with Crippen molar-refractivity contribution in [3.8, 4) is 0 Å². The van der Waals surface area contributed by atoms with Gasteiger partial charge in [0.2, 0.25) is 0 Å². The second kappa shape index (κ2) is 4.22. The molecular weight excluding hydrogens is 268 g/mol. The second-order valence-electron chi connectivity index (χ2n) is 5.07. The van der Waals surface area contributed by atoms with Crippen molar-refractivity contribution in [2.24, 2.45) is 5.29 Å². The number of nitro benzene ring substituents is 2. The molecule has 9 nitrogen and oxygen atoms in total. The molecule has 2 bridgehead atoms. The Balaban J connectivity index is 2.13. The van der Waals surface area contributed by atoms with Gasteiger partial charge in [0.25, 0.3) is 0 Å². The van der Waals surface area contributed by atoms with Gasteiger partial charge in [0.1, 0.15) is 0 Å². The van der Waals surface area contributed by atoms with E-state index in [1.165, 1.54) is 17.1 Å². The van der Waals surface area contributed by atoms with E-state index in [-0.39, 0.29) is 11.8 Å². The second-order valence-corrected chi connectivity index (χ2v) is 5.07. The molecule has 2 aliphatic rings. The molecule has 0 N–H and O–H groups in total. The number of benzene rings is 1. The molecule has 0 saturated carbocycles. The highest BCUT2D eigenvalue weighted by Gasteiger charge is 2.41. The number of hydrogen-bond acceptors (Lipinski definition) is 6. The predicted molar refractivity (Wildman–Crippen MR) is 67.2 cm³/mol. The molecule has 9 heteroatoms. The summed E-state index contributed by atoms with van der Waals surface area (Å²) in [4.78, 5) is 31.1. The van der Waals surface area contributed by atoms with Crippen molar-refractivity contribution >= 4 is 11.4 Å². The van der Waals surface area contributed by atoms with Crippen molar-refractivity contribution < 1.29 is 9.85 Å². The van der Waals surface area contributed by atoms with E-state index in [2.05, 4.69) is 5.29 Å². The molecule has 20 heavy (non-hydrogen) atoms. The maximum Gasteiger partial charge on any atom is 0.346 e. The van der Waals surface area contributed by atoms with E-state index in [4.69, 9.17) is 0 Å². The molecular formula is C11H10N4O5. The summed E-state index contributed by atoms with van der Waals surface area (Å²) < 4.78 is 0. The average molecular weight is 278 g/mol. The normalized spacial score (nSPS) is 23.3. The highest BCUT2D eigenvalue weighted by Crippen LogP contribution is 2.49. The SMILES string of the molecule is O=NN1CC2CC(C1)c1cc([N+](=O)[O-])c([N+](=O)[O-])cc12. The van der Waals surface area contributed by atoms with Gasteiger partial charge in [-0.2, -0.15) is 0 Å². The Bertz CT molecular complexity index is 582. The third-order valence-electron chi connectivity index (χ3n) is 4.00. The molecule has 3 rings (SSSR count). The van der Waals surface area contributed by atoms with Gasteiger partial charge in [-0.25, -0.2) is 0 Å². The molecule has 1 aliphatic carbocycles. The smallest absolute Gasteiger partial charge is 0.260 e. The number of nitrogens with zero attached hydrogens (tertiary/aromatic N) is 4. The van der Waals surface area contributed by atoms with Crippen molar-refractivity contribution in [1.82, 2.24) is 5.01 Å². The molecule has 1 fully saturated rings. The molecule has 0 radical (unpaired) electrons. The van der Waals surface area contributed by atoms with Crippen LogP contribution >= 0.6 is 0 Å². The van der Waals surface area contributed by atoms with Crippen LogP contribution in [0, 0.1) is 25.1 Å². The van der Waals surface area contributed by atoms with Gasteiger partial charge in [0.05, 0.1) is 15.1 Å². The highest BCUT2D eigenvalue weighted by molar-refractivity contribution is 5.60. The lowest BCUT2D eigenvalue weighted by Crippen LogP contribution is -2.30. The van der Waals surface area contributed by atoms with Gasteiger partial charge in [0.15, 0.2) is 0 Å². The molecule has 2 unspecified atom stereocenters. The fourth-order valence-electron chi connectivity index (χ4n) is 3.20. The van der Waals surface area contributed by atoms with Crippen LogP contribution in [0.3, 0.4) is 0 Å². The topological polar surface area (TPSA) is 119 Å². The third kappa shape index (κ3) is 1.70. The van der Waals surface area contributed by atoms with Crippen LogP contribution in [0.4, 0.5) is 11.4 Å². The van der Waals surface area contributed by atoms with Crippen LogP contribution in [-0.2, 0) is 0 Å². The van der Waals surface area contributed by atoms with Crippen LogP contribution in [0.1, 0.15) is 29.4 Å². The highest BCUT2D eigenvalue weighted by atomic mass is 16.6. The van der Waals surface area contributed by atoms with Crippen molar-refractivity contribution in [1.29, 1.82) is 0 Å². The minimum Gasteiger partial charge on any atom is -0.260 e. The standard InChI is InChI=1S/C11H10N4O5/c16-12-13-4-6-1-7(5-13)9-3-11(15(19)20)10(14(17)18)2-8(6)9/h2-3,6-7H,1,4-5H2. The first-order valence-electron chi connectivity index (χ1n) is 6.06. The van der Waals surface area contributed by atoms with E-state index in [1.54, 1.807) is 0 Å². The van der Waals surface area contributed by atoms with Crippen molar-refractivity contribution in [2.75, 3.05) is 13.1 Å². The number of nitroso groups, excluding NO2 is 1. The number of piperidine rings is 1. The van der Waals surface area contributed by atoms with E-state index in [0.29, 0.717) is 13.1 Å².